The summed E-state index contributed by atoms with van der Waals surface area (Å²) in [6.45, 7) is 4.56. The van der Waals surface area contributed by atoms with Crippen LogP contribution in [-0.4, -0.2) is 17.5 Å². The molecule has 5 rings (SSSR count). The first-order valence-electron chi connectivity index (χ1n) is 10.1. The van der Waals surface area contributed by atoms with E-state index in [1.54, 1.807) is 10.4 Å². The normalized spacial score (nSPS) is 18.9. The number of nitrogens with zero attached hydrogens (tertiary/aromatic N) is 1. The maximum atomic E-state index is 2.69. The fourth-order valence-corrected chi connectivity index (χ4v) is 6.04. The van der Waals surface area contributed by atoms with Crippen LogP contribution in [0.4, 0.5) is 0 Å². The predicted molar refractivity (Wildman–Crippen MR) is 127 cm³/mol. The second-order valence-corrected chi connectivity index (χ2v) is 8.86. The molecular weight excluding hydrogens is 394 g/mol. The Labute approximate surface area is 183 Å². The zero-order chi connectivity index (χ0) is 18.9. The van der Waals surface area contributed by atoms with E-state index in [9.17, 15) is 0 Å². The van der Waals surface area contributed by atoms with Crippen LogP contribution in [0, 0.1) is 0 Å². The predicted octanol–water partition coefficient (Wildman–Crippen LogP) is 6.90. The van der Waals surface area contributed by atoms with Gasteiger partial charge in [0.25, 0.3) is 0 Å². The summed E-state index contributed by atoms with van der Waals surface area (Å²) in [6, 6.07) is 31.4. The highest BCUT2D eigenvalue weighted by molar-refractivity contribution is 7.19. The van der Waals surface area contributed by atoms with Crippen molar-refractivity contribution in [3.8, 4) is 0 Å². The number of hydrogen-bond acceptors (Lipinski definition) is 2. The Hall–Kier alpha value is -2.13. The van der Waals surface area contributed by atoms with Crippen molar-refractivity contribution in [2.45, 2.75) is 31.8 Å². The summed E-state index contributed by atoms with van der Waals surface area (Å²) < 4.78 is 1.42. The summed E-state index contributed by atoms with van der Waals surface area (Å²) in [7, 11) is 0. The number of rotatable bonds is 4. The van der Waals surface area contributed by atoms with Crippen molar-refractivity contribution in [1.82, 2.24) is 4.90 Å². The third kappa shape index (κ3) is 3.85. The smallest absolute Gasteiger partial charge is 0.0349 e. The van der Waals surface area contributed by atoms with Gasteiger partial charge in [-0.1, -0.05) is 78.9 Å². The maximum Gasteiger partial charge on any atom is 0.0349 e. The SMILES string of the molecule is CC1C(c2ccccc2)c2sc3ccccc3c2CN1CCc1ccccc1.Cl. The van der Waals surface area contributed by atoms with Gasteiger partial charge in [0.1, 0.15) is 0 Å². The molecule has 3 aromatic carbocycles. The summed E-state index contributed by atoms with van der Waals surface area (Å²) >= 11 is 2.00. The van der Waals surface area contributed by atoms with Crippen molar-refractivity contribution in [2.75, 3.05) is 6.54 Å². The highest BCUT2D eigenvalue weighted by Gasteiger charge is 2.35. The number of benzene rings is 3. The van der Waals surface area contributed by atoms with Gasteiger partial charge in [0.05, 0.1) is 0 Å². The Morgan fingerprint density at radius 2 is 1.52 bits per heavy atom. The van der Waals surface area contributed by atoms with Crippen LogP contribution >= 0.6 is 23.7 Å². The average molecular weight is 420 g/mol. The maximum absolute atomic E-state index is 2.69. The Kier molecular flexibility index (Phi) is 6.05. The van der Waals surface area contributed by atoms with Gasteiger partial charge in [0, 0.05) is 34.6 Å². The van der Waals surface area contributed by atoms with Crippen LogP contribution in [0.1, 0.15) is 34.4 Å². The van der Waals surface area contributed by atoms with Crippen LogP contribution in [0.15, 0.2) is 84.9 Å². The molecule has 2 unspecified atom stereocenters. The van der Waals surface area contributed by atoms with Gasteiger partial charge in [-0.15, -0.1) is 23.7 Å². The minimum absolute atomic E-state index is 0. The monoisotopic (exact) mass is 419 g/mol. The fraction of sp³-hybridized carbons (Fsp3) is 0.231. The largest absolute Gasteiger partial charge is 0.295 e. The first-order chi connectivity index (χ1) is 13.8. The van der Waals surface area contributed by atoms with E-state index in [0.717, 1.165) is 19.5 Å². The van der Waals surface area contributed by atoms with Crippen molar-refractivity contribution in [3.05, 3.63) is 106 Å². The van der Waals surface area contributed by atoms with Crippen LogP contribution in [0.5, 0.6) is 0 Å². The van der Waals surface area contributed by atoms with Gasteiger partial charge in [-0.25, -0.2) is 0 Å². The Morgan fingerprint density at radius 1 is 0.862 bits per heavy atom. The van der Waals surface area contributed by atoms with E-state index in [2.05, 4.69) is 96.8 Å². The van der Waals surface area contributed by atoms with Crippen LogP contribution in [0.2, 0.25) is 0 Å². The van der Waals surface area contributed by atoms with Gasteiger partial charge in [-0.05, 0) is 41.5 Å². The van der Waals surface area contributed by atoms with E-state index in [1.807, 2.05) is 11.3 Å². The van der Waals surface area contributed by atoms with Crippen molar-refractivity contribution >= 4 is 33.8 Å². The summed E-state index contributed by atoms with van der Waals surface area (Å²) in [4.78, 5) is 4.25. The summed E-state index contributed by atoms with van der Waals surface area (Å²) in [6.07, 6.45) is 1.10. The number of halogens is 1. The van der Waals surface area contributed by atoms with Crippen molar-refractivity contribution in [2.24, 2.45) is 0 Å². The molecule has 0 spiro atoms. The van der Waals surface area contributed by atoms with E-state index in [4.69, 9.17) is 0 Å². The molecular formula is C26H26ClNS. The second-order valence-electron chi connectivity index (χ2n) is 7.78. The number of thiophene rings is 1. The summed E-state index contributed by atoms with van der Waals surface area (Å²) in [5.41, 5.74) is 4.40. The van der Waals surface area contributed by atoms with Gasteiger partial charge in [0.15, 0.2) is 0 Å². The van der Waals surface area contributed by atoms with E-state index in [1.165, 1.54) is 21.2 Å². The minimum atomic E-state index is 0. The first-order valence-corrected chi connectivity index (χ1v) is 11.0. The topological polar surface area (TPSA) is 3.24 Å². The second kappa shape index (κ2) is 8.71. The lowest BCUT2D eigenvalue weighted by atomic mass is 9.84. The van der Waals surface area contributed by atoms with Gasteiger partial charge < -0.3 is 0 Å². The van der Waals surface area contributed by atoms with Crippen LogP contribution in [0.25, 0.3) is 10.1 Å². The average Bonchev–Trinajstić information content (AvgIpc) is 3.11. The lowest BCUT2D eigenvalue weighted by molar-refractivity contribution is 0.174. The molecule has 0 amide bonds. The molecule has 148 valence electrons. The van der Waals surface area contributed by atoms with Crippen LogP contribution in [-0.2, 0) is 13.0 Å². The Morgan fingerprint density at radius 3 is 2.28 bits per heavy atom. The van der Waals surface area contributed by atoms with E-state index in [-0.39, 0.29) is 12.4 Å². The molecule has 4 aromatic rings. The van der Waals surface area contributed by atoms with Gasteiger partial charge in [0.2, 0.25) is 0 Å². The highest BCUT2D eigenvalue weighted by Crippen LogP contribution is 2.45. The number of hydrogen-bond donors (Lipinski definition) is 0. The number of fused-ring (bicyclic) bond motifs is 3. The summed E-state index contributed by atoms with van der Waals surface area (Å²) in [5.74, 6) is 0.443. The van der Waals surface area contributed by atoms with E-state index < -0.39 is 0 Å². The zero-order valence-corrected chi connectivity index (χ0v) is 18.3. The zero-order valence-electron chi connectivity index (χ0n) is 16.6. The molecule has 0 saturated heterocycles. The molecule has 1 nitrogen and oxygen atoms in total. The molecule has 0 fully saturated rings. The standard InChI is InChI=1S/C26H25NS.ClH/c1-19-25(21-12-6-3-7-13-21)26-23(22-14-8-9-15-24(22)28-26)18-27(19)17-16-20-10-4-2-5-11-20;/h2-15,19,25H,16-18H2,1H3;1H. The molecule has 2 heterocycles. The molecule has 29 heavy (non-hydrogen) atoms. The molecule has 0 aliphatic carbocycles. The highest BCUT2D eigenvalue weighted by atomic mass is 35.5. The van der Waals surface area contributed by atoms with E-state index in [0.29, 0.717) is 12.0 Å². The third-order valence-corrected chi connectivity index (χ3v) is 7.42. The quantitative estimate of drug-likeness (QED) is 0.347. The molecule has 3 heteroatoms. The van der Waals surface area contributed by atoms with Crippen molar-refractivity contribution < 1.29 is 0 Å². The Bertz CT molecular complexity index is 1070. The van der Waals surface area contributed by atoms with Crippen molar-refractivity contribution in [3.63, 3.8) is 0 Å². The third-order valence-electron chi connectivity index (χ3n) is 6.12. The Balaban J connectivity index is 0.00000205. The van der Waals surface area contributed by atoms with Gasteiger partial charge in [-0.3, -0.25) is 4.90 Å². The molecule has 0 radical (unpaired) electrons. The summed E-state index contributed by atoms with van der Waals surface area (Å²) in [5, 5.41) is 1.44. The molecule has 1 aliphatic heterocycles. The fourth-order valence-electron chi connectivity index (χ4n) is 4.60. The molecule has 0 N–H and O–H groups in total. The van der Waals surface area contributed by atoms with Crippen LogP contribution in [0.3, 0.4) is 0 Å². The van der Waals surface area contributed by atoms with Gasteiger partial charge in [-0.2, -0.15) is 0 Å². The molecule has 2 atom stereocenters. The minimum Gasteiger partial charge on any atom is -0.295 e. The van der Waals surface area contributed by atoms with E-state index >= 15 is 0 Å². The molecule has 1 aliphatic rings. The first kappa shape index (κ1) is 20.2. The molecule has 1 aromatic heterocycles. The lowest BCUT2D eigenvalue weighted by Gasteiger charge is -2.40. The lowest BCUT2D eigenvalue weighted by Crippen LogP contribution is -2.42. The molecule has 0 saturated carbocycles. The molecule has 0 bridgehead atoms. The van der Waals surface area contributed by atoms with Crippen molar-refractivity contribution in [1.29, 1.82) is 0 Å². The van der Waals surface area contributed by atoms with Gasteiger partial charge >= 0.3 is 0 Å². The van der Waals surface area contributed by atoms with Crippen LogP contribution < -0.4 is 0 Å².